The van der Waals surface area contributed by atoms with Crippen LogP contribution in [0.1, 0.15) is 66.8 Å². The highest BCUT2D eigenvalue weighted by Gasteiger charge is 1.99. The Morgan fingerprint density at radius 1 is 0.152 bits per heavy atom. The minimum Gasteiger partial charge on any atom is -0.0620 e. The molecule has 9 aromatic carbocycles. The lowest BCUT2D eigenvalue weighted by Gasteiger charge is -2.03. The number of hydrogen-bond acceptors (Lipinski definition) is 0. The molecule has 0 spiro atoms. The van der Waals surface area contributed by atoms with E-state index >= 15 is 0 Å². The summed E-state index contributed by atoms with van der Waals surface area (Å²) in [7, 11) is 0. The van der Waals surface area contributed by atoms with E-state index in [0.29, 0.717) is 0 Å². The van der Waals surface area contributed by atoms with Gasteiger partial charge in [-0.05, 0) is 128 Å². The Hall–Kier alpha value is -7.02. The summed E-state index contributed by atoms with van der Waals surface area (Å²) in [6.45, 7) is 25.3. The third-order valence-corrected chi connectivity index (χ3v) is 11.0. The topological polar surface area (TPSA) is 0 Å². The van der Waals surface area contributed by atoms with Crippen molar-refractivity contribution in [2.75, 3.05) is 0 Å². The monoisotopic (exact) mass is 865 g/mol. The molecule has 66 heavy (non-hydrogen) atoms. The van der Waals surface area contributed by atoms with Crippen molar-refractivity contribution >= 4 is 0 Å². The van der Waals surface area contributed by atoms with E-state index in [0.717, 1.165) is 0 Å². The maximum atomic E-state index is 2.22. The average molecular weight is 865 g/mol. The van der Waals surface area contributed by atoms with Crippen LogP contribution >= 0.6 is 0 Å². The summed E-state index contributed by atoms with van der Waals surface area (Å²) in [5, 5.41) is 0. The van der Waals surface area contributed by atoms with Gasteiger partial charge in [-0.1, -0.05) is 274 Å². The number of aryl methyl sites for hydroxylation is 12. The molecule has 0 amide bonds. The SMILES string of the molecule is Cc1ccc(-c2ccc(C)cc2)cc1.Cc1ccc(-c2cccc(C)c2)cc1.Cc1ccc(C)cc1.Cc1cccc(-c2cccc(C)c2)c1.Cc1cccc(C)c1.Cc1ccccc1C. The zero-order valence-corrected chi connectivity index (χ0v) is 41.8. The largest absolute Gasteiger partial charge is 0.0620 e. The van der Waals surface area contributed by atoms with Crippen LogP contribution in [0.2, 0.25) is 0 Å². The third-order valence-electron chi connectivity index (χ3n) is 11.0. The lowest BCUT2D eigenvalue weighted by molar-refractivity contribution is 1.34. The molecule has 9 rings (SSSR count). The van der Waals surface area contributed by atoms with Crippen LogP contribution < -0.4 is 0 Å². The van der Waals surface area contributed by atoms with Gasteiger partial charge < -0.3 is 0 Å². The van der Waals surface area contributed by atoms with E-state index in [9.17, 15) is 0 Å². The predicted molar refractivity (Wildman–Crippen MR) is 292 cm³/mol. The molecule has 336 valence electrons. The van der Waals surface area contributed by atoms with Gasteiger partial charge in [-0.2, -0.15) is 0 Å². The van der Waals surface area contributed by atoms with Crippen molar-refractivity contribution in [2.24, 2.45) is 0 Å². The van der Waals surface area contributed by atoms with E-state index in [4.69, 9.17) is 0 Å². The Morgan fingerprint density at radius 2 is 0.364 bits per heavy atom. The first-order chi connectivity index (χ1) is 31.6. The maximum Gasteiger partial charge on any atom is -0.0181 e. The molecule has 0 saturated carbocycles. The molecular formula is C66H72. The van der Waals surface area contributed by atoms with Gasteiger partial charge in [0.25, 0.3) is 0 Å². The van der Waals surface area contributed by atoms with Crippen LogP contribution in [0, 0.1) is 83.1 Å². The normalized spacial score (nSPS) is 9.82. The Bertz CT molecular complexity index is 2620. The first-order valence-electron chi connectivity index (χ1n) is 23.1. The minimum absolute atomic E-state index is 1.29. The van der Waals surface area contributed by atoms with Gasteiger partial charge in [0.2, 0.25) is 0 Å². The van der Waals surface area contributed by atoms with Gasteiger partial charge in [-0.25, -0.2) is 0 Å². The van der Waals surface area contributed by atoms with E-state index in [2.05, 4.69) is 301 Å². The summed E-state index contributed by atoms with van der Waals surface area (Å²) < 4.78 is 0. The Balaban J connectivity index is 0.000000177. The molecule has 0 N–H and O–H groups in total. The average Bonchev–Trinajstić information content (AvgIpc) is 3.30. The highest BCUT2D eigenvalue weighted by molar-refractivity contribution is 5.66. The van der Waals surface area contributed by atoms with E-state index in [1.165, 1.54) is 100 Å². The molecule has 0 heterocycles. The number of benzene rings is 9. The second kappa shape index (κ2) is 27.3. The van der Waals surface area contributed by atoms with Crippen molar-refractivity contribution in [1.29, 1.82) is 0 Å². The smallest absolute Gasteiger partial charge is 0.0181 e. The zero-order chi connectivity index (χ0) is 47.8. The van der Waals surface area contributed by atoms with Crippen LogP contribution in [-0.4, -0.2) is 0 Å². The van der Waals surface area contributed by atoms with E-state index < -0.39 is 0 Å². The fourth-order valence-electron chi connectivity index (χ4n) is 6.82. The molecule has 0 saturated heterocycles. The van der Waals surface area contributed by atoms with Gasteiger partial charge in [0.05, 0.1) is 0 Å². The Labute approximate surface area is 399 Å². The van der Waals surface area contributed by atoms with Gasteiger partial charge in [0.1, 0.15) is 0 Å². The third kappa shape index (κ3) is 19.4. The summed E-state index contributed by atoms with van der Waals surface area (Å²) >= 11 is 0. The molecule has 0 atom stereocenters. The van der Waals surface area contributed by atoms with Crippen LogP contribution in [0.4, 0.5) is 0 Å². The van der Waals surface area contributed by atoms with Gasteiger partial charge in [0.15, 0.2) is 0 Å². The molecule has 0 heteroatoms. The van der Waals surface area contributed by atoms with Crippen LogP contribution in [-0.2, 0) is 0 Å². The zero-order valence-electron chi connectivity index (χ0n) is 41.8. The van der Waals surface area contributed by atoms with Crippen molar-refractivity contribution in [3.63, 3.8) is 0 Å². The van der Waals surface area contributed by atoms with Crippen LogP contribution in [0.15, 0.2) is 218 Å². The van der Waals surface area contributed by atoms with E-state index in [1.54, 1.807) is 0 Å². The van der Waals surface area contributed by atoms with Crippen molar-refractivity contribution in [1.82, 2.24) is 0 Å². The maximum absolute atomic E-state index is 2.22. The predicted octanol–water partition coefficient (Wildman–Crippen LogP) is 18.8. The van der Waals surface area contributed by atoms with Crippen molar-refractivity contribution < 1.29 is 0 Å². The van der Waals surface area contributed by atoms with E-state index in [1.807, 2.05) is 0 Å². The molecule has 0 aliphatic carbocycles. The molecule has 0 nitrogen and oxygen atoms in total. The Kier molecular flexibility index (Phi) is 21.4. The molecule has 9 aromatic rings. The van der Waals surface area contributed by atoms with Crippen molar-refractivity contribution in [3.8, 4) is 33.4 Å². The molecular weight excluding hydrogens is 793 g/mol. The summed E-state index contributed by atoms with van der Waals surface area (Å²) in [5.41, 5.74) is 23.7. The van der Waals surface area contributed by atoms with Gasteiger partial charge >= 0.3 is 0 Å². The number of hydrogen-bond donors (Lipinski definition) is 0. The first-order valence-corrected chi connectivity index (χ1v) is 23.1. The fourth-order valence-corrected chi connectivity index (χ4v) is 6.82. The summed E-state index contributed by atoms with van der Waals surface area (Å²) in [4.78, 5) is 0. The molecule has 0 unspecified atom stereocenters. The minimum atomic E-state index is 1.29. The van der Waals surface area contributed by atoms with Crippen LogP contribution in [0.5, 0.6) is 0 Å². The van der Waals surface area contributed by atoms with Gasteiger partial charge in [-0.3, -0.25) is 0 Å². The van der Waals surface area contributed by atoms with Gasteiger partial charge in [0, 0.05) is 0 Å². The second-order valence-corrected chi connectivity index (χ2v) is 17.6. The molecule has 0 aliphatic rings. The van der Waals surface area contributed by atoms with Crippen molar-refractivity contribution in [3.05, 3.63) is 285 Å². The summed E-state index contributed by atoms with van der Waals surface area (Å²) in [5.74, 6) is 0. The highest BCUT2D eigenvalue weighted by Crippen LogP contribution is 2.23. The summed E-state index contributed by atoms with van der Waals surface area (Å²) in [6.07, 6.45) is 0. The van der Waals surface area contributed by atoms with Crippen molar-refractivity contribution in [2.45, 2.75) is 83.1 Å². The first kappa shape index (κ1) is 51.6. The molecule has 0 radical (unpaired) electrons. The van der Waals surface area contributed by atoms with Crippen LogP contribution in [0.25, 0.3) is 33.4 Å². The standard InChI is InChI=1S/3C14H14.3C8H10/c1-11-3-7-13(8-4-11)14-9-5-12(2)6-10-14;1-11-5-3-7-13(9-11)14-8-4-6-12(2)10-14;1-11-6-8-13(9-7-11)14-5-3-4-12(2)10-14;1-7-3-5-8(2)6-4-7;1-7-4-3-5-8(2)6-7;1-7-5-3-4-6-8(7)2/h3*3-10H,1-2H3;3*3-6H,1-2H3. The molecule has 0 aromatic heterocycles. The molecule has 0 bridgehead atoms. The Morgan fingerprint density at radius 3 is 0.591 bits per heavy atom. The molecule has 0 fully saturated rings. The fraction of sp³-hybridized carbons (Fsp3) is 0.182. The molecule has 0 aliphatic heterocycles. The highest BCUT2D eigenvalue weighted by atomic mass is 14.0. The lowest BCUT2D eigenvalue weighted by atomic mass is 10.0. The number of rotatable bonds is 3. The lowest BCUT2D eigenvalue weighted by Crippen LogP contribution is -1.80. The summed E-state index contributed by atoms with van der Waals surface area (Å²) in [6, 6.07) is 77.0. The quantitative estimate of drug-likeness (QED) is 0.166. The van der Waals surface area contributed by atoms with Gasteiger partial charge in [-0.15, -0.1) is 0 Å². The van der Waals surface area contributed by atoms with Crippen LogP contribution in [0.3, 0.4) is 0 Å². The second-order valence-electron chi connectivity index (χ2n) is 17.6. The van der Waals surface area contributed by atoms with E-state index in [-0.39, 0.29) is 0 Å².